The summed E-state index contributed by atoms with van der Waals surface area (Å²) in [5.41, 5.74) is 1.16. The van der Waals surface area contributed by atoms with Gasteiger partial charge < -0.3 is 23.4 Å². The highest BCUT2D eigenvalue weighted by Gasteiger charge is 2.33. The summed E-state index contributed by atoms with van der Waals surface area (Å²) in [6.07, 6.45) is 7.01. The Balaban J connectivity index is 1.87. The van der Waals surface area contributed by atoms with E-state index in [-0.39, 0.29) is 18.3 Å². The summed E-state index contributed by atoms with van der Waals surface area (Å²) in [6.45, 7) is 14.4. The topological polar surface area (TPSA) is 46.2 Å². The average Bonchev–Trinajstić information content (AvgIpc) is 3.10. The molecule has 1 aliphatic rings. The van der Waals surface area contributed by atoms with Gasteiger partial charge in [0.15, 0.2) is 14.1 Å². The fourth-order valence-corrected chi connectivity index (χ4v) is 6.74. The highest BCUT2D eigenvalue weighted by atomic mass is 28.4. The minimum Gasteiger partial charge on any atom is -0.497 e. The maximum atomic E-state index is 6.51. The molecule has 1 saturated heterocycles. The highest BCUT2D eigenvalue weighted by Crippen LogP contribution is 2.27. The standard InChI is InChI=1S/C26H46O5Si/c1-8-9-18-32(6,7)31-21(2)10-13-24(16-17-25-20-29-26(3,4)30-25)28-19-22-11-14-23(27-5)15-12-22/h11-12,14-15,21,24-25H,8-10,13,16-20H2,1-7H3/t21-,24-,25-/m0/s1. The van der Waals surface area contributed by atoms with E-state index in [4.69, 9.17) is 23.4 Å². The van der Waals surface area contributed by atoms with Gasteiger partial charge in [0.1, 0.15) is 5.75 Å². The summed E-state index contributed by atoms with van der Waals surface area (Å²) in [4.78, 5) is 0. The molecule has 6 heteroatoms. The maximum absolute atomic E-state index is 6.51. The first-order valence-corrected chi connectivity index (χ1v) is 15.5. The van der Waals surface area contributed by atoms with Gasteiger partial charge in [0, 0.05) is 6.10 Å². The van der Waals surface area contributed by atoms with Crippen molar-refractivity contribution in [3.63, 3.8) is 0 Å². The molecule has 0 unspecified atom stereocenters. The van der Waals surface area contributed by atoms with E-state index in [0.717, 1.165) is 37.0 Å². The zero-order valence-corrected chi connectivity index (χ0v) is 22.4. The first kappa shape index (κ1) is 27.3. The second-order valence-corrected chi connectivity index (χ2v) is 14.4. The number of rotatable bonds is 15. The molecule has 0 amide bonds. The van der Waals surface area contributed by atoms with Crippen LogP contribution < -0.4 is 4.74 Å². The Kier molecular flexibility index (Phi) is 11.2. The first-order valence-electron chi connectivity index (χ1n) is 12.4. The zero-order chi connectivity index (χ0) is 23.6. The van der Waals surface area contributed by atoms with E-state index in [1.165, 1.54) is 18.9 Å². The van der Waals surface area contributed by atoms with Gasteiger partial charge in [-0.3, -0.25) is 0 Å². The van der Waals surface area contributed by atoms with Crippen LogP contribution in [-0.4, -0.2) is 46.1 Å². The van der Waals surface area contributed by atoms with Crippen molar-refractivity contribution in [2.24, 2.45) is 0 Å². The van der Waals surface area contributed by atoms with Crippen molar-refractivity contribution in [1.29, 1.82) is 0 Å². The van der Waals surface area contributed by atoms with Crippen molar-refractivity contribution in [2.75, 3.05) is 13.7 Å². The second kappa shape index (κ2) is 13.1. The quantitative estimate of drug-likeness (QED) is 0.269. The van der Waals surface area contributed by atoms with E-state index in [0.29, 0.717) is 13.2 Å². The maximum Gasteiger partial charge on any atom is 0.187 e. The van der Waals surface area contributed by atoms with E-state index in [2.05, 4.69) is 39.1 Å². The van der Waals surface area contributed by atoms with Crippen molar-refractivity contribution < 1.29 is 23.4 Å². The van der Waals surface area contributed by atoms with E-state index in [1.807, 2.05) is 26.0 Å². The van der Waals surface area contributed by atoms with Gasteiger partial charge in [0.2, 0.25) is 0 Å². The summed E-state index contributed by atoms with van der Waals surface area (Å²) in [7, 11) is 0.103. The third kappa shape index (κ3) is 10.3. The Labute approximate surface area is 197 Å². The van der Waals surface area contributed by atoms with Gasteiger partial charge in [-0.15, -0.1) is 0 Å². The highest BCUT2D eigenvalue weighted by molar-refractivity contribution is 6.71. The van der Waals surface area contributed by atoms with Crippen LogP contribution in [-0.2, 0) is 25.2 Å². The lowest BCUT2D eigenvalue weighted by atomic mass is 10.0. The smallest absolute Gasteiger partial charge is 0.187 e. The lowest BCUT2D eigenvalue weighted by Crippen LogP contribution is -2.34. The van der Waals surface area contributed by atoms with Gasteiger partial charge in [0.05, 0.1) is 32.5 Å². The molecule has 1 aliphatic heterocycles. The van der Waals surface area contributed by atoms with Crippen molar-refractivity contribution in [2.45, 2.75) is 116 Å². The van der Waals surface area contributed by atoms with Crippen molar-refractivity contribution in [3.05, 3.63) is 29.8 Å². The molecule has 0 N–H and O–H groups in total. The summed E-state index contributed by atoms with van der Waals surface area (Å²) in [5, 5.41) is 0. The lowest BCUT2D eigenvalue weighted by molar-refractivity contribution is -0.140. The van der Waals surface area contributed by atoms with Crippen LogP contribution in [0.15, 0.2) is 24.3 Å². The van der Waals surface area contributed by atoms with Crippen LogP contribution >= 0.6 is 0 Å². The second-order valence-electron chi connectivity index (χ2n) is 10.2. The third-order valence-corrected chi connectivity index (χ3v) is 8.67. The zero-order valence-electron chi connectivity index (χ0n) is 21.4. The molecule has 32 heavy (non-hydrogen) atoms. The van der Waals surface area contributed by atoms with Gasteiger partial charge in [-0.25, -0.2) is 0 Å². The molecular weight excluding hydrogens is 420 g/mol. The molecule has 0 saturated carbocycles. The summed E-state index contributed by atoms with van der Waals surface area (Å²) in [5.74, 6) is 0.397. The molecule has 184 valence electrons. The van der Waals surface area contributed by atoms with Crippen LogP contribution in [0.25, 0.3) is 0 Å². The minimum absolute atomic E-state index is 0.145. The van der Waals surface area contributed by atoms with Crippen LogP contribution in [0, 0.1) is 0 Å². The molecule has 2 rings (SSSR count). The molecule has 1 heterocycles. The number of methoxy groups -OCH3 is 1. The van der Waals surface area contributed by atoms with Crippen LogP contribution in [0.2, 0.25) is 19.1 Å². The Hall–Kier alpha value is -0.923. The van der Waals surface area contributed by atoms with E-state index in [9.17, 15) is 0 Å². The van der Waals surface area contributed by atoms with Crippen LogP contribution in [0.1, 0.15) is 71.8 Å². The normalized spacial score (nSPS) is 20.3. The number of ether oxygens (including phenoxy) is 4. The lowest BCUT2D eigenvalue weighted by Gasteiger charge is -2.28. The first-order chi connectivity index (χ1) is 15.1. The largest absolute Gasteiger partial charge is 0.497 e. The molecule has 5 nitrogen and oxygen atoms in total. The third-order valence-electron chi connectivity index (χ3n) is 6.07. The van der Waals surface area contributed by atoms with Crippen LogP contribution in [0.3, 0.4) is 0 Å². The van der Waals surface area contributed by atoms with Gasteiger partial charge in [-0.1, -0.05) is 31.9 Å². The molecule has 0 bridgehead atoms. The summed E-state index contributed by atoms with van der Waals surface area (Å²) < 4.78 is 29.9. The summed E-state index contributed by atoms with van der Waals surface area (Å²) in [6, 6.07) is 9.34. The van der Waals surface area contributed by atoms with Gasteiger partial charge in [-0.05, 0) is 83.3 Å². The number of hydrogen-bond acceptors (Lipinski definition) is 5. The molecule has 3 atom stereocenters. The Bertz CT molecular complexity index is 646. The molecule has 1 aromatic carbocycles. The predicted octanol–water partition coefficient (Wildman–Crippen LogP) is 6.70. The Morgan fingerprint density at radius 1 is 1.12 bits per heavy atom. The average molecular weight is 467 g/mol. The number of unbranched alkanes of at least 4 members (excludes halogenated alkanes) is 1. The molecule has 0 radical (unpaired) electrons. The van der Waals surface area contributed by atoms with E-state index < -0.39 is 14.1 Å². The molecule has 1 fully saturated rings. The van der Waals surface area contributed by atoms with Crippen molar-refractivity contribution in [3.8, 4) is 5.75 Å². The van der Waals surface area contributed by atoms with E-state index in [1.54, 1.807) is 7.11 Å². The SMILES string of the molecule is CCCC[Si](C)(C)O[C@@H](C)CC[C@@H](CC[C@H]1COC(C)(C)O1)OCc1ccc(OC)cc1. The molecule has 0 spiro atoms. The fraction of sp³-hybridized carbons (Fsp3) is 0.769. The molecule has 1 aromatic rings. The van der Waals surface area contributed by atoms with Gasteiger partial charge >= 0.3 is 0 Å². The van der Waals surface area contributed by atoms with Gasteiger partial charge in [-0.2, -0.15) is 0 Å². The van der Waals surface area contributed by atoms with Crippen molar-refractivity contribution >= 4 is 8.32 Å². The number of hydrogen-bond donors (Lipinski definition) is 0. The molecule has 0 aromatic heterocycles. The monoisotopic (exact) mass is 466 g/mol. The van der Waals surface area contributed by atoms with E-state index >= 15 is 0 Å². The van der Waals surface area contributed by atoms with Crippen LogP contribution in [0.5, 0.6) is 5.75 Å². The predicted molar refractivity (Wildman–Crippen MR) is 133 cm³/mol. The molecular formula is C26H46O5Si. The number of benzene rings is 1. The minimum atomic E-state index is -1.58. The van der Waals surface area contributed by atoms with Gasteiger partial charge in [0.25, 0.3) is 0 Å². The van der Waals surface area contributed by atoms with Crippen LogP contribution in [0.4, 0.5) is 0 Å². The fourth-order valence-electron chi connectivity index (χ4n) is 4.21. The Morgan fingerprint density at radius 3 is 2.44 bits per heavy atom. The Morgan fingerprint density at radius 2 is 1.84 bits per heavy atom. The molecule has 0 aliphatic carbocycles. The van der Waals surface area contributed by atoms with Crippen molar-refractivity contribution in [1.82, 2.24) is 0 Å². The summed E-state index contributed by atoms with van der Waals surface area (Å²) >= 11 is 0.